The lowest BCUT2D eigenvalue weighted by Gasteiger charge is -2.34. The molecule has 0 saturated carbocycles. The van der Waals surface area contributed by atoms with Crippen LogP contribution in [-0.4, -0.2) is 53.7 Å². The van der Waals surface area contributed by atoms with Crippen molar-refractivity contribution < 1.29 is 18.8 Å². The summed E-state index contributed by atoms with van der Waals surface area (Å²) in [4.78, 5) is 27.6. The van der Waals surface area contributed by atoms with Crippen molar-refractivity contribution in [2.45, 2.75) is 58.1 Å². The molecule has 1 aromatic carbocycles. The summed E-state index contributed by atoms with van der Waals surface area (Å²) in [5.41, 5.74) is 3.46. The van der Waals surface area contributed by atoms with Crippen LogP contribution in [0.1, 0.15) is 53.7 Å². The standard InChI is InChI=1S/C23H29N3O4/c1-15-8-9-17(12-16(15)2)21-13-19(25-30-21)23(28)26-10-4-3-7-20(26)22(27)24-14-18-6-5-11-29-18/h8-9,12-13,18,20H,3-7,10-11,14H2,1-2H3,(H,24,27)/t18-,20+/m1/s1. The maximum absolute atomic E-state index is 13.1. The van der Waals surface area contributed by atoms with Crippen molar-refractivity contribution in [1.82, 2.24) is 15.4 Å². The van der Waals surface area contributed by atoms with Gasteiger partial charge >= 0.3 is 0 Å². The Hall–Kier alpha value is -2.67. The molecule has 0 radical (unpaired) electrons. The first kappa shape index (κ1) is 20.6. The zero-order valence-electron chi connectivity index (χ0n) is 17.6. The lowest BCUT2D eigenvalue weighted by Crippen LogP contribution is -2.52. The molecule has 3 heterocycles. The molecule has 2 fully saturated rings. The molecule has 2 saturated heterocycles. The molecule has 7 heteroatoms. The molecule has 1 aromatic heterocycles. The van der Waals surface area contributed by atoms with Crippen LogP contribution in [0.25, 0.3) is 11.3 Å². The third-order valence-corrected chi connectivity index (χ3v) is 6.11. The second-order valence-electron chi connectivity index (χ2n) is 8.27. The molecule has 2 aliphatic heterocycles. The maximum atomic E-state index is 13.1. The van der Waals surface area contributed by atoms with Crippen LogP contribution < -0.4 is 5.32 Å². The molecule has 0 unspecified atom stereocenters. The molecule has 7 nitrogen and oxygen atoms in total. The minimum absolute atomic E-state index is 0.0813. The van der Waals surface area contributed by atoms with Gasteiger partial charge < -0.3 is 19.5 Å². The number of ether oxygens (including phenoxy) is 1. The van der Waals surface area contributed by atoms with Crippen molar-refractivity contribution >= 4 is 11.8 Å². The van der Waals surface area contributed by atoms with Gasteiger partial charge in [-0.15, -0.1) is 0 Å². The topological polar surface area (TPSA) is 84.7 Å². The van der Waals surface area contributed by atoms with E-state index in [1.54, 1.807) is 11.0 Å². The van der Waals surface area contributed by atoms with E-state index in [2.05, 4.69) is 17.4 Å². The highest BCUT2D eigenvalue weighted by Crippen LogP contribution is 2.25. The lowest BCUT2D eigenvalue weighted by molar-refractivity contribution is -0.127. The Morgan fingerprint density at radius 3 is 2.77 bits per heavy atom. The van der Waals surface area contributed by atoms with Crippen LogP contribution in [0.5, 0.6) is 0 Å². The van der Waals surface area contributed by atoms with Gasteiger partial charge in [0.1, 0.15) is 6.04 Å². The first-order valence-corrected chi connectivity index (χ1v) is 10.8. The monoisotopic (exact) mass is 411 g/mol. The number of aryl methyl sites for hydroxylation is 2. The average molecular weight is 412 g/mol. The number of benzene rings is 1. The van der Waals surface area contributed by atoms with Crippen LogP contribution in [0.4, 0.5) is 0 Å². The Labute approximate surface area is 176 Å². The molecule has 1 N–H and O–H groups in total. The van der Waals surface area contributed by atoms with Crippen LogP contribution in [0.15, 0.2) is 28.8 Å². The van der Waals surface area contributed by atoms with Crippen molar-refractivity contribution in [1.29, 1.82) is 0 Å². The molecular formula is C23H29N3O4. The highest BCUT2D eigenvalue weighted by molar-refractivity contribution is 5.96. The number of piperidine rings is 1. The molecule has 2 atom stereocenters. The van der Waals surface area contributed by atoms with Crippen LogP contribution in [-0.2, 0) is 9.53 Å². The van der Waals surface area contributed by atoms with Crippen LogP contribution in [0.2, 0.25) is 0 Å². The quantitative estimate of drug-likeness (QED) is 0.816. The minimum Gasteiger partial charge on any atom is -0.376 e. The van der Waals surface area contributed by atoms with Crippen molar-refractivity contribution in [3.05, 3.63) is 41.1 Å². The summed E-state index contributed by atoms with van der Waals surface area (Å²) in [6, 6.07) is 7.19. The largest absolute Gasteiger partial charge is 0.376 e. The van der Waals surface area contributed by atoms with Crippen molar-refractivity contribution in [2.24, 2.45) is 0 Å². The molecule has 0 bridgehead atoms. The number of carbonyl (C=O) groups excluding carboxylic acids is 2. The predicted molar refractivity (Wildman–Crippen MR) is 112 cm³/mol. The van der Waals surface area contributed by atoms with Gasteiger partial charge in [0, 0.05) is 31.3 Å². The van der Waals surface area contributed by atoms with Gasteiger partial charge in [-0.2, -0.15) is 0 Å². The van der Waals surface area contributed by atoms with Gasteiger partial charge in [0.05, 0.1) is 6.10 Å². The number of hydrogen-bond acceptors (Lipinski definition) is 5. The number of likely N-dealkylation sites (tertiary alicyclic amines) is 1. The van der Waals surface area contributed by atoms with E-state index >= 15 is 0 Å². The highest BCUT2D eigenvalue weighted by atomic mass is 16.5. The van der Waals surface area contributed by atoms with Gasteiger partial charge in [0.25, 0.3) is 5.91 Å². The number of carbonyl (C=O) groups is 2. The molecule has 160 valence electrons. The Kier molecular flexibility index (Phi) is 6.18. The van der Waals surface area contributed by atoms with E-state index < -0.39 is 6.04 Å². The smallest absolute Gasteiger partial charge is 0.276 e. The number of nitrogens with one attached hydrogen (secondary N) is 1. The summed E-state index contributed by atoms with van der Waals surface area (Å²) in [7, 11) is 0. The molecule has 2 aliphatic rings. The van der Waals surface area contributed by atoms with E-state index in [1.807, 2.05) is 25.1 Å². The Morgan fingerprint density at radius 1 is 1.13 bits per heavy atom. The normalized spacial score (nSPS) is 21.6. The first-order valence-electron chi connectivity index (χ1n) is 10.8. The number of amides is 2. The fourth-order valence-electron chi connectivity index (χ4n) is 4.14. The molecule has 2 aromatic rings. The summed E-state index contributed by atoms with van der Waals surface area (Å²) in [5, 5.41) is 6.98. The molecule has 2 amide bonds. The van der Waals surface area contributed by atoms with Gasteiger partial charge in [-0.05, 0) is 63.1 Å². The van der Waals surface area contributed by atoms with E-state index in [4.69, 9.17) is 9.26 Å². The summed E-state index contributed by atoms with van der Waals surface area (Å²) >= 11 is 0. The van der Waals surface area contributed by atoms with Crippen molar-refractivity contribution in [3.8, 4) is 11.3 Å². The molecule has 0 spiro atoms. The fraction of sp³-hybridized carbons (Fsp3) is 0.522. The van der Waals surface area contributed by atoms with Crippen LogP contribution in [0, 0.1) is 13.8 Å². The van der Waals surface area contributed by atoms with E-state index in [0.29, 0.717) is 25.3 Å². The lowest BCUT2D eigenvalue weighted by atomic mass is 10.0. The van der Waals surface area contributed by atoms with E-state index in [-0.39, 0.29) is 23.6 Å². The summed E-state index contributed by atoms with van der Waals surface area (Å²) in [6.07, 6.45) is 4.54. The third kappa shape index (κ3) is 4.41. The Bertz CT molecular complexity index is 917. The van der Waals surface area contributed by atoms with Gasteiger partial charge in [-0.25, -0.2) is 0 Å². The van der Waals surface area contributed by atoms with Gasteiger partial charge in [-0.1, -0.05) is 17.3 Å². The summed E-state index contributed by atoms with van der Waals surface area (Å²) in [6.45, 7) is 5.88. The Balaban J connectivity index is 1.45. The van der Waals surface area contributed by atoms with E-state index in [1.165, 1.54) is 5.56 Å². The second-order valence-corrected chi connectivity index (χ2v) is 8.27. The van der Waals surface area contributed by atoms with E-state index in [0.717, 1.165) is 43.4 Å². The molecule has 0 aliphatic carbocycles. The average Bonchev–Trinajstić information content (AvgIpc) is 3.46. The Morgan fingerprint density at radius 2 is 2.00 bits per heavy atom. The van der Waals surface area contributed by atoms with Crippen molar-refractivity contribution in [3.63, 3.8) is 0 Å². The minimum atomic E-state index is -0.477. The zero-order valence-corrected chi connectivity index (χ0v) is 17.6. The second kappa shape index (κ2) is 9.00. The summed E-state index contributed by atoms with van der Waals surface area (Å²) < 4.78 is 11.0. The predicted octanol–water partition coefficient (Wildman–Crippen LogP) is 3.25. The SMILES string of the molecule is Cc1ccc(-c2cc(C(=O)N3CCCC[C@H]3C(=O)NC[C@H]3CCCO3)no2)cc1C. The number of rotatable bonds is 5. The third-order valence-electron chi connectivity index (χ3n) is 6.11. The molecule has 30 heavy (non-hydrogen) atoms. The fourth-order valence-corrected chi connectivity index (χ4v) is 4.14. The number of nitrogens with zero attached hydrogens (tertiary/aromatic N) is 2. The van der Waals surface area contributed by atoms with Gasteiger partial charge in [-0.3, -0.25) is 9.59 Å². The molecule has 4 rings (SSSR count). The maximum Gasteiger partial charge on any atom is 0.276 e. The van der Waals surface area contributed by atoms with Crippen LogP contribution in [0.3, 0.4) is 0 Å². The summed E-state index contributed by atoms with van der Waals surface area (Å²) in [5.74, 6) is 0.181. The van der Waals surface area contributed by atoms with E-state index in [9.17, 15) is 9.59 Å². The van der Waals surface area contributed by atoms with Gasteiger partial charge in [0.15, 0.2) is 11.5 Å². The first-order chi connectivity index (χ1) is 14.5. The van der Waals surface area contributed by atoms with Gasteiger partial charge in [0.2, 0.25) is 5.91 Å². The molecular weight excluding hydrogens is 382 g/mol. The zero-order chi connectivity index (χ0) is 21.1. The van der Waals surface area contributed by atoms with Crippen LogP contribution >= 0.6 is 0 Å². The number of aromatic nitrogens is 1. The number of hydrogen-bond donors (Lipinski definition) is 1. The van der Waals surface area contributed by atoms with Crippen molar-refractivity contribution in [2.75, 3.05) is 19.7 Å². The highest BCUT2D eigenvalue weighted by Gasteiger charge is 2.34.